The van der Waals surface area contributed by atoms with Gasteiger partial charge >= 0.3 is 6.09 Å². The molecule has 0 saturated carbocycles. The highest BCUT2D eigenvalue weighted by molar-refractivity contribution is 9.10. The van der Waals surface area contributed by atoms with Crippen LogP contribution in [0.15, 0.2) is 77.3 Å². The Balaban J connectivity index is 1.32. The minimum absolute atomic E-state index is 0.0787. The van der Waals surface area contributed by atoms with Gasteiger partial charge < -0.3 is 20.3 Å². The molecule has 2 N–H and O–H groups in total. The minimum atomic E-state index is -0.814. The number of halogens is 2. The molecule has 3 heterocycles. The minimum Gasteiger partial charge on any atom is -0.445 e. The van der Waals surface area contributed by atoms with Crippen molar-refractivity contribution in [2.24, 2.45) is 0 Å². The number of nitrogens with zero attached hydrogens (tertiary/aromatic N) is 5. The molecule has 1 atom stereocenters. The molecule has 0 spiro atoms. The van der Waals surface area contributed by atoms with Crippen LogP contribution in [0.5, 0.6) is 0 Å². The van der Waals surface area contributed by atoms with Gasteiger partial charge in [0.2, 0.25) is 11.9 Å². The number of fused-ring (bicyclic) bond motifs is 3. The lowest BCUT2D eigenvalue weighted by atomic mass is 10.2. The Morgan fingerprint density at radius 3 is 2.67 bits per heavy atom. The monoisotopic (exact) mass is 619 g/mol. The second-order valence-corrected chi connectivity index (χ2v) is 10.5. The maximum atomic E-state index is 13.0. The van der Waals surface area contributed by atoms with Crippen molar-refractivity contribution in [2.45, 2.75) is 12.6 Å². The number of nitrogens with one attached hydrogen (secondary N) is 2. The van der Waals surface area contributed by atoms with Gasteiger partial charge in [0.15, 0.2) is 11.5 Å². The average molecular weight is 621 g/mol. The van der Waals surface area contributed by atoms with Gasteiger partial charge in [-0.05, 0) is 57.9 Å². The third-order valence-electron chi connectivity index (χ3n) is 6.52. The van der Waals surface area contributed by atoms with Crippen molar-refractivity contribution in [2.75, 3.05) is 25.0 Å². The van der Waals surface area contributed by atoms with E-state index in [9.17, 15) is 9.59 Å². The van der Waals surface area contributed by atoms with Crippen LogP contribution in [0, 0.1) is 0 Å². The lowest BCUT2D eigenvalue weighted by molar-refractivity contribution is -0.121. The largest absolute Gasteiger partial charge is 0.445 e. The first-order valence-electron chi connectivity index (χ1n) is 12.6. The van der Waals surface area contributed by atoms with E-state index in [1.54, 1.807) is 16.6 Å². The number of carbonyl (C=O) groups excluding carboxylic acids is 2. The number of ether oxygens (including phenoxy) is 1. The van der Waals surface area contributed by atoms with Crippen LogP contribution < -0.4 is 10.6 Å². The number of benzene rings is 3. The summed E-state index contributed by atoms with van der Waals surface area (Å²) in [6.07, 6.45) is -0.503. The Bertz CT molecular complexity index is 1710. The van der Waals surface area contributed by atoms with Gasteiger partial charge in [-0.25, -0.2) is 14.8 Å². The standard InChI is InChI=1S/C28H23BrClN7O3/c29-21-8-4-7-20-23(21)33-27(37-25(20)34-24(35-37)18-9-11-19(30)12-10-18)32-22-15-36(14-13-31-26(22)38)28(39)40-16-17-5-2-1-3-6-17/h1-12,22H,13-16H2,(H,31,38)(H,32,33)/t22-/m1/s1. The molecule has 0 unspecified atom stereocenters. The molecule has 2 aromatic heterocycles. The van der Waals surface area contributed by atoms with Crippen molar-refractivity contribution >= 4 is 62.0 Å². The molecule has 0 bridgehead atoms. The van der Waals surface area contributed by atoms with E-state index in [-0.39, 0.29) is 19.1 Å². The third-order valence-corrected chi connectivity index (χ3v) is 7.41. The highest BCUT2D eigenvalue weighted by Crippen LogP contribution is 2.29. The Hall–Kier alpha value is -4.22. The molecule has 1 aliphatic rings. The van der Waals surface area contributed by atoms with Crippen molar-refractivity contribution in [1.29, 1.82) is 0 Å². The van der Waals surface area contributed by atoms with Crippen molar-refractivity contribution < 1.29 is 14.3 Å². The SMILES string of the molecule is O=C1NCCN(C(=O)OCc2ccccc2)C[C@H]1Nc1nc2c(Br)cccc2c2nc(-c3ccc(Cl)cc3)nn12. The maximum absolute atomic E-state index is 13.0. The summed E-state index contributed by atoms with van der Waals surface area (Å²) in [6, 6.07) is 21.5. The molecule has 12 heteroatoms. The maximum Gasteiger partial charge on any atom is 0.410 e. The molecule has 0 aliphatic carbocycles. The first kappa shape index (κ1) is 26.0. The Kier molecular flexibility index (Phi) is 7.23. The normalized spacial score (nSPS) is 15.6. The number of para-hydroxylation sites is 1. The second kappa shape index (κ2) is 11.1. The fraction of sp³-hybridized carbons (Fsp3) is 0.179. The zero-order chi connectivity index (χ0) is 27.6. The zero-order valence-electron chi connectivity index (χ0n) is 21.1. The highest BCUT2D eigenvalue weighted by atomic mass is 79.9. The van der Waals surface area contributed by atoms with Gasteiger partial charge in [-0.15, -0.1) is 5.10 Å². The van der Waals surface area contributed by atoms with E-state index in [4.69, 9.17) is 31.4 Å². The number of hydrogen-bond acceptors (Lipinski definition) is 7. The molecule has 1 fully saturated rings. The number of amides is 2. The van der Waals surface area contributed by atoms with Crippen molar-refractivity contribution in [3.8, 4) is 11.4 Å². The van der Waals surface area contributed by atoms with Crippen LogP contribution in [0.4, 0.5) is 10.7 Å². The summed E-state index contributed by atoms with van der Waals surface area (Å²) in [5.41, 5.74) is 2.87. The number of rotatable bonds is 5. The topological polar surface area (TPSA) is 114 Å². The summed E-state index contributed by atoms with van der Waals surface area (Å²) in [6.45, 7) is 0.833. The van der Waals surface area contributed by atoms with Gasteiger partial charge in [0.25, 0.3) is 0 Å². The Morgan fingerprint density at radius 1 is 1.07 bits per heavy atom. The summed E-state index contributed by atoms with van der Waals surface area (Å²) < 4.78 is 7.87. The van der Waals surface area contributed by atoms with E-state index >= 15 is 0 Å². The predicted octanol–water partition coefficient (Wildman–Crippen LogP) is 4.91. The molecule has 1 saturated heterocycles. The van der Waals surface area contributed by atoms with Crippen molar-refractivity contribution in [3.05, 3.63) is 87.9 Å². The van der Waals surface area contributed by atoms with E-state index in [2.05, 4.69) is 26.6 Å². The smallest absolute Gasteiger partial charge is 0.410 e. The Morgan fingerprint density at radius 2 is 1.88 bits per heavy atom. The molecule has 2 amide bonds. The number of hydrogen-bond donors (Lipinski definition) is 2. The summed E-state index contributed by atoms with van der Waals surface area (Å²) in [7, 11) is 0. The highest BCUT2D eigenvalue weighted by Gasteiger charge is 2.30. The second-order valence-electron chi connectivity index (χ2n) is 9.22. The summed E-state index contributed by atoms with van der Waals surface area (Å²) in [4.78, 5) is 37.1. The van der Waals surface area contributed by atoms with Gasteiger partial charge in [0, 0.05) is 33.5 Å². The molecule has 5 aromatic rings. The van der Waals surface area contributed by atoms with Crippen LogP contribution in [0.3, 0.4) is 0 Å². The lowest BCUT2D eigenvalue weighted by Gasteiger charge is -2.23. The van der Waals surface area contributed by atoms with Crippen LogP contribution >= 0.6 is 27.5 Å². The number of aromatic nitrogens is 4. The van der Waals surface area contributed by atoms with E-state index in [0.717, 1.165) is 21.0 Å². The summed E-state index contributed by atoms with van der Waals surface area (Å²) >= 11 is 9.65. The van der Waals surface area contributed by atoms with E-state index in [1.807, 2.05) is 60.7 Å². The van der Waals surface area contributed by atoms with Gasteiger partial charge in [-0.1, -0.05) is 48.0 Å². The molecule has 202 valence electrons. The predicted molar refractivity (Wildman–Crippen MR) is 155 cm³/mol. The average Bonchev–Trinajstić information content (AvgIpc) is 3.34. The van der Waals surface area contributed by atoms with Gasteiger partial charge in [0.1, 0.15) is 12.6 Å². The van der Waals surface area contributed by atoms with Crippen LogP contribution in [0.2, 0.25) is 5.02 Å². The van der Waals surface area contributed by atoms with E-state index in [1.165, 1.54) is 4.90 Å². The summed E-state index contributed by atoms with van der Waals surface area (Å²) in [5.74, 6) is 0.519. The molecular formula is C28H23BrClN7O3. The fourth-order valence-electron chi connectivity index (χ4n) is 4.49. The molecule has 40 heavy (non-hydrogen) atoms. The quantitative estimate of drug-likeness (QED) is 0.287. The Labute approximate surface area is 242 Å². The molecule has 10 nitrogen and oxygen atoms in total. The van der Waals surface area contributed by atoms with Crippen LogP contribution in [-0.4, -0.2) is 62.2 Å². The molecular weight excluding hydrogens is 598 g/mol. The van der Waals surface area contributed by atoms with Crippen LogP contribution in [0.25, 0.3) is 27.9 Å². The number of anilines is 1. The lowest BCUT2D eigenvalue weighted by Crippen LogP contribution is -2.44. The zero-order valence-corrected chi connectivity index (χ0v) is 23.4. The molecule has 1 aliphatic heterocycles. The van der Waals surface area contributed by atoms with E-state index in [0.29, 0.717) is 41.0 Å². The third kappa shape index (κ3) is 5.30. The molecule has 0 radical (unpaired) electrons. The van der Waals surface area contributed by atoms with Crippen molar-refractivity contribution in [3.63, 3.8) is 0 Å². The van der Waals surface area contributed by atoms with Gasteiger partial charge in [-0.3, -0.25) is 4.79 Å². The van der Waals surface area contributed by atoms with E-state index < -0.39 is 12.1 Å². The molecule has 3 aromatic carbocycles. The fourth-order valence-corrected chi connectivity index (χ4v) is 5.07. The number of carbonyl (C=O) groups is 2. The first-order chi connectivity index (χ1) is 19.5. The van der Waals surface area contributed by atoms with Crippen molar-refractivity contribution in [1.82, 2.24) is 29.8 Å². The summed E-state index contributed by atoms with van der Waals surface area (Å²) in [5, 5.41) is 12.2. The molecule has 6 rings (SSSR count). The first-order valence-corrected chi connectivity index (χ1v) is 13.7. The van der Waals surface area contributed by atoms with Crippen LogP contribution in [0.1, 0.15) is 5.56 Å². The van der Waals surface area contributed by atoms with Gasteiger partial charge in [-0.2, -0.15) is 4.52 Å². The van der Waals surface area contributed by atoms with Gasteiger partial charge in [0.05, 0.1) is 12.1 Å². The van der Waals surface area contributed by atoms with Crippen LogP contribution in [-0.2, 0) is 16.1 Å².